The molecule has 0 heterocycles. The average Bonchev–Trinajstić information content (AvgIpc) is 2.63. The third kappa shape index (κ3) is 41.0. The van der Waals surface area contributed by atoms with Crippen LogP contribution in [0.1, 0.15) is 34.6 Å². The van der Waals surface area contributed by atoms with Gasteiger partial charge in [-0.3, -0.25) is 0 Å². The highest BCUT2D eigenvalue weighted by Crippen LogP contribution is 2.10. The molecule has 29 heavy (non-hydrogen) atoms. The van der Waals surface area contributed by atoms with Crippen LogP contribution in [0.5, 0.6) is 0 Å². The van der Waals surface area contributed by atoms with Gasteiger partial charge in [-0.25, -0.2) is 14.4 Å². The lowest BCUT2D eigenvalue weighted by Gasteiger charge is -2.20. The summed E-state index contributed by atoms with van der Waals surface area (Å²) in [5.74, 6) is -2.81. The first-order valence-corrected chi connectivity index (χ1v) is 8.09. The minimum Gasteiger partial charge on any atom is -0.478 e. The highest BCUT2D eigenvalue weighted by atomic mass is 16.4. The highest BCUT2D eigenvalue weighted by molar-refractivity contribution is 5.85. The number of carboxylic acids is 3. The van der Waals surface area contributed by atoms with E-state index < -0.39 is 23.3 Å². The molecule has 0 aliphatic carbocycles. The molecule has 0 aromatic rings. The van der Waals surface area contributed by atoms with Crippen molar-refractivity contribution in [2.75, 3.05) is 19.8 Å². The fourth-order valence-electron chi connectivity index (χ4n) is 0.150. The molecule has 0 aromatic carbocycles. The molecule has 9 nitrogen and oxygen atoms in total. The number of aliphatic hydroxyl groups excluding tert-OH is 3. The Morgan fingerprint density at radius 2 is 0.828 bits per heavy atom. The molecular formula is C20H36O9. The Morgan fingerprint density at radius 3 is 0.828 bits per heavy atom. The Hall–Kier alpha value is -2.75. The smallest absolute Gasteiger partial charge is 0.330 e. The van der Waals surface area contributed by atoms with Crippen LogP contribution < -0.4 is 0 Å². The van der Waals surface area contributed by atoms with Crippen LogP contribution in [0.2, 0.25) is 0 Å². The highest BCUT2D eigenvalue weighted by Gasteiger charge is 2.20. The molecule has 0 aliphatic rings. The van der Waals surface area contributed by atoms with Crippen LogP contribution in [0, 0.1) is 5.41 Å². The first kappa shape index (κ1) is 37.1. The van der Waals surface area contributed by atoms with E-state index in [-0.39, 0.29) is 36.5 Å². The van der Waals surface area contributed by atoms with E-state index >= 15 is 0 Å². The molecule has 0 spiro atoms. The number of rotatable bonds is 6. The fourth-order valence-corrected chi connectivity index (χ4v) is 0.150. The lowest BCUT2D eigenvalue weighted by molar-refractivity contribution is -0.133. The minimum absolute atomic E-state index is 0.176. The first-order chi connectivity index (χ1) is 13.0. The summed E-state index contributed by atoms with van der Waals surface area (Å²) in [5.41, 5.74) is -0.181. The molecule has 6 N–H and O–H groups in total. The van der Waals surface area contributed by atoms with Crippen LogP contribution >= 0.6 is 0 Å². The van der Waals surface area contributed by atoms with Crippen LogP contribution in [-0.4, -0.2) is 68.4 Å². The fraction of sp³-hybridized carbons (Fsp3) is 0.450. The molecule has 0 unspecified atom stereocenters. The predicted octanol–water partition coefficient (Wildman–Crippen LogP) is 2.10. The summed E-state index contributed by atoms with van der Waals surface area (Å²) in [4.78, 5) is 28.8. The third-order valence-corrected chi connectivity index (χ3v) is 2.24. The lowest BCUT2D eigenvalue weighted by Crippen LogP contribution is -2.29. The van der Waals surface area contributed by atoms with Crippen LogP contribution in [-0.2, 0) is 14.4 Å². The van der Waals surface area contributed by atoms with E-state index in [9.17, 15) is 14.4 Å². The van der Waals surface area contributed by atoms with E-state index in [1.165, 1.54) is 20.8 Å². The van der Waals surface area contributed by atoms with Crippen molar-refractivity contribution >= 4 is 17.9 Å². The minimum atomic E-state index is -0.935. The molecule has 9 heteroatoms. The van der Waals surface area contributed by atoms with Gasteiger partial charge in [0.05, 0.1) is 19.8 Å². The maximum Gasteiger partial charge on any atom is 0.330 e. The molecule has 0 fully saturated rings. The van der Waals surface area contributed by atoms with Crippen LogP contribution in [0.25, 0.3) is 0 Å². The second kappa shape index (κ2) is 23.3. The van der Waals surface area contributed by atoms with Crippen molar-refractivity contribution in [3.8, 4) is 0 Å². The summed E-state index contributed by atoms with van der Waals surface area (Å²) < 4.78 is 0. The standard InChI is InChI=1S/C5H12O3.3C4H6O2.C3H6/c1-5(2-6,3-7)4-8;3*1-3(2)4(5)6;1-3-2/h6-8H,2-4H2,1H3;3*1H2,2H3,(H,5,6);3H,1H2,2H3. The zero-order chi connectivity index (χ0) is 24.8. The number of carbonyl (C=O) groups is 3. The molecule has 0 aliphatic heterocycles. The molecule has 0 saturated heterocycles. The quantitative estimate of drug-likeness (QED) is 0.278. The molecular weight excluding hydrogens is 384 g/mol. The van der Waals surface area contributed by atoms with Gasteiger partial charge >= 0.3 is 17.9 Å². The van der Waals surface area contributed by atoms with E-state index in [4.69, 9.17) is 30.6 Å². The van der Waals surface area contributed by atoms with Gasteiger partial charge in [0.15, 0.2) is 0 Å². The SMILES string of the molecule is C=C(C)C(=O)O.C=C(C)C(=O)O.C=C(C)C(=O)O.C=CC.CC(CO)(CO)CO. The Kier molecular flexibility index (Phi) is 29.8. The summed E-state index contributed by atoms with van der Waals surface area (Å²) in [6.07, 6.45) is 1.75. The Bertz CT molecular complexity index is 429. The van der Waals surface area contributed by atoms with Gasteiger partial charge in [0.2, 0.25) is 0 Å². The molecule has 0 saturated carbocycles. The zero-order valence-corrected chi connectivity index (χ0v) is 17.9. The monoisotopic (exact) mass is 420 g/mol. The van der Waals surface area contributed by atoms with Gasteiger partial charge in [0.25, 0.3) is 0 Å². The van der Waals surface area contributed by atoms with Crippen molar-refractivity contribution in [1.82, 2.24) is 0 Å². The predicted molar refractivity (Wildman–Crippen MR) is 113 cm³/mol. The van der Waals surface area contributed by atoms with Crippen molar-refractivity contribution < 1.29 is 45.0 Å². The maximum absolute atomic E-state index is 9.60. The summed E-state index contributed by atoms with van der Waals surface area (Å²) >= 11 is 0. The van der Waals surface area contributed by atoms with Gasteiger partial charge < -0.3 is 30.6 Å². The van der Waals surface area contributed by atoms with Gasteiger partial charge in [-0.15, -0.1) is 6.58 Å². The Morgan fingerprint density at radius 1 is 0.724 bits per heavy atom. The Balaban J connectivity index is -0.0000000850. The molecule has 0 atom stereocenters. The summed E-state index contributed by atoms with van der Waals surface area (Å²) in [6, 6.07) is 0. The summed E-state index contributed by atoms with van der Waals surface area (Å²) in [7, 11) is 0. The van der Waals surface area contributed by atoms with E-state index in [0.717, 1.165) is 0 Å². The average molecular weight is 420 g/mol. The zero-order valence-electron chi connectivity index (χ0n) is 17.9. The number of allylic oxidation sites excluding steroid dienone is 1. The van der Waals surface area contributed by atoms with E-state index in [1.807, 2.05) is 6.92 Å². The molecule has 0 aromatic heterocycles. The van der Waals surface area contributed by atoms with E-state index in [2.05, 4.69) is 26.3 Å². The number of hydrogen-bond acceptors (Lipinski definition) is 6. The molecule has 0 bridgehead atoms. The summed E-state index contributed by atoms with van der Waals surface area (Å²) in [5, 5.41) is 49.1. The molecule has 0 amide bonds. The summed E-state index contributed by atoms with van der Waals surface area (Å²) in [6.45, 7) is 20.1. The number of aliphatic carboxylic acids is 3. The van der Waals surface area contributed by atoms with Gasteiger partial charge in [-0.2, -0.15) is 0 Å². The molecule has 170 valence electrons. The van der Waals surface area contributed by atoms with E-state index in [0.29, 0.717) is 0 Å². The first-order valence-electron chi connectivity index (χ1n) is 8.09. The van der Waals surface area contributed by atoms with Gasteiger partial charge in [0, 0.05) is 22.1 Å². The second-order valence-electron chi connectivity index (χ2n) is 5.95. The van der Waals surface area contributed by atoms with Gasteiger partial charge in [0.1, 0.15) is 0 Å². The molecule has 0 radical (unpaired) electrons. The number of aliphatic hydroxyl groups is 3. The number of hydrogen-bond donors (Lipinski definition) is 6. The number of carboxylic acid groups (broad SMARTS) is 3. The maximum atomic E-state index is 9.60. The van der Waals surface area contributed by atoms with Crippen LogP contribution in [0.15, 0.2) is 49.1 Å². The van der Waals surface area contributed by atoms with Crippen molar-refractivity contribution in [1.29, 1.82) is 0 Å². The Labute approximate surface area is 172 Å². The second-order valence-corrected chi connectivity index (χ2v) is 5.95. The van der Waals surface area contributed by atoms with Crippen molar-refractivity contribution in [3.63, 3.8) is 0 Å². The normalized spacial score (nSPS) is 8.41. The third-order valence-electron chi connectivity index (χ3n) is 2.24. The lowest BCUT2D eigenvalue weighted by atomic mass is 9.95. The van der Waals surface area contributed by atoms with Crippen molar-refractivity contribution in [2.45, 2.75) is 34.6 Å². The topological polar surface area (TPSA) is 173 Å². The van der Waals surface area contributed by atoms with Gasteiger partial charge in [-0.05, 0) is 27.7 Å². The molecule has 0 rings (SSSR count). The largest absolute Gasteiger partial charge is 0.478 e. The van der Waals surface area contributed by atoms with Crippen molar-refractivity contribution in [3.05, 3.63) is 49.1 Å². The van der Waals surface area contributed by atoms with Crippen molar-refractivity contribution in [2.24, 2.45) is 5.41 Å². The van der Waals surface area contributed by atoms with Gasteiger partial charge in [-0.1, -0.05) is 32.7 Å². The van der Waals surface area contributed by atoms with E-state index in [1.54, 1.807) is 13.0 Å². The van der Waals surface area contributed by atoms with Crippen LogP contribution in [0.4, 0.5) is 0 Å². The van der Waals surface area contributed by atoms with Crippen LogP contribution in [0.3, 0.4) is 0 Å².